The van der Waals surface area contributed by atoms with E-state index in [1.165, 1.54) is 17.4 Å². The van der Waals surface area contributed by atoms with Crippen molar-refractivity contribution in [3.05, 3.63) is 98.0 Å². The van der Waals surface area contributed by atoms with Crippen LogP contribution >= 0.6 is 11.3 Å². The molecular formula is C25H22N4O4S. The van der Waals surface area contributed by atoms with E-state index in [2.05, 4.69) is 10.3 Å². The van der Waals surface area contributed by atoms with Crippen LogP contribution in [0.25, 0.3) is 10.2 Å². The molecule has 0 aliphatic carbocycles. The summed E-state index contributed by atoms with van der Waals surface area (Å²) in [6.07, 6.45) is -0.726. The number of thiophene rings is 1. The molecule has 0 saturated heterocycles. The Hall–Kier alpha value is -3.82. The molecule has 1 atom stereocenters. The van der Waals surface area contributed by atoms with Crippen molar-refractivity contribution in [2.45, 2.75) is 26.2 Å². The number of ether oxygens (including phenoxy) is 1. The molecule has 1 amide bonds. The van der Waals surface area contributed by atoms with E-state index in [9.17, 15) is 14.9 Å². The lowest BCUT2D eigenvalue weighted by Gasteiger charge is -2.37. The third kappa shape index (κ3) is 3.78. The molecule has 0 bridgehead atoms. The maximum atomic E-state index is 13.9. The monoisotopic (exact) mass is 474 g/mol. The first kappa shape index (κ1) is 22.0. The Kier molecular flexibility index (Phi) is 5.72. The van der Waals surface area contributed by atoms with Crippen molar-refractivity contribution in [2.75, 3.05) is 12.4 Å². The lowest BCUT2D eigenvalue weighted by molar-refractivity contribution is -0.385. The molecule has 2 aromatic heterocycles. The fourth-order valence-electron chi connectivity index (χ4n) is 4.41. The van der Waals surface area contributed by atoms with Crippen molar-refractivity contribution < 1.29 is 14.5 Å². The molecule has 1 aliphatic heterocycles. The van der Waals surface area contributed by atoms with Crippen molar-refractivity contribution in [1.29, 1.82) is 0 Å². The fraction of sp³-hybridized carbons (Fsp3) is 0.200. The topological polar surface area (TPSA) is 97.6 Å². The number of nitro groups is 1. The molecule has 0 radical (unpaired) electrons. The average Bonchev–Trinajstić information content (AvgIpc) is 3.20. The predicted molar refractivity (Wildman–Crippen MR) is 131 cm³/mol. The van der Waals surface area contributed by atoms with Gasteiger partial charge in [-0.2, -0.15) is 0 Å². The van der Waals surface area contributed by atoms with Gasteiger partial charge in [-0.3, -0.25) is 14.9 Å². The molecule has 0 saturated carbocycles. The number of carbonyl (C=O) groups excluding carboxylic acids is 1. The largest absolute Gasteiger partial charge is 0.380 e. The number of amides is 1. The van der Waals surface area contributed by atoms with Gasteiger partial charge in [-0.1, -0.05) is 42.5 Å². The molecule has 8 nitrogen and oxygen atoms in total. The number of pyridine rings is 1. The summed E-state index contributed by atoms with van der Waals surface area (Å²) in [5.74, 6) is -0.190. The molecule has 0 unspecified atom stereocenters. The van der Waals surface area contributed by atoms with E-state index >= 15 is 0 Å². The predicted octanol–water partition coefficient (Wildman–Crippen LogP) is 5.43. The number of rotatable bonds is 6. The van der Waals surface area contributed by atoms with Crippen LogP contribution < -0.4 is 5.32 Å². The highest BCUT2D eigenvalue weighted by Crippen LogP contribution is 2.45. The maximum absolute atomic E-state index is 13.9. The second-order valence-corrected chi connectivity index (χ2v) is 9.12. The SMILES string of the molecule is COCc1cc(C)nc2sc3c(c12)N[C@H](c1ccccc1[N+](=O)[O-])N(Cc1ccccc1)C3=O. The van der Waals surface area contributed by atoms with Crippen LogP contribution in [-0.2, 0) is 17.9 Å². The van der Waals surface area contributed by atoms with Crippen molar-refractivity contribution in [1.82, 2.24) is 9.88 Å². The third-order valence-corrected chi connectivity index (χ3v) is 6.91. The molecule has 1 N–H and O–H groups in total. The molecule has 2 aromatic carbocycles. The first-order valence-corrected chi connectivity index (χ1v) is 11.6. The zero-order chi connectivity index (χ0) is 23.8. The highest BCUT2D eigenvalue weighted by molar-refractivity contribution is 7.21. The van der Waals surface area contributed by atoms with Gasteiger partial charge in [0.1, 0.15) is 15.9 Å². The van der Waals surface area contributed by atoms with E-state index < -0.39 is 11.1 Å². The van der Waals surface area contributed by atoms with Crippen molar-refractivity contribution >= 4 is 38.8 Å². The van der Waals surface area contributed by atoms with Crippen molar-refractivity contribution in [3.63, 3.8) is 0 Å². The molecule has 4 aromatic rings. The van der Waals surface area contributed by atoms with Gasteiger partial charge in [0, 0.05) is 30.8 Å². The average molecular weight is 475 g/mol. The number of methoxy groups -OCH3 is 1. The first-order chi connectivity index (χ1) is 16.5. The smallest absolute Gasteiger partial charge is 0.276 e. The Morgan fingerprint density at radius 1 is 1.18 bits per heavy atom. The first-order valence-electron chi connectivity index (χ1n) is 10.7. The van der Waals surface area contributed by atoms with Crippen molar-refractivity contribution in [3.8, 4) is 0 Å². The number of anilines is 1. The summed E-state index contributed by atoms with van der Waals surface area (Å²) >= 11 is 1.33. The molecule has 172 valence electrons. The molecule has 3 heterocycles. The van der Waals surface area contributed by atoms with Crippen LogP contribution in [0.2, 0.25) is 0 Å². The van der Waals surface area contributed by atoms with Gasteiger partial charge in [-0.25, -0.2) is 4.98 Å². The number of nitro benzene ring substituents is 1. The summed E-state index contributed by atoms with van der Waals surface area (Å²) in [6, 6.07) is 18.1. The summed E-state index contributed by atoms with van der Waals surface area (Å²) in [5.41, 5.74) is 3.72. The number of para-hydroxylation sites is 1. The van der Waals surface area contributed by atoms with E-state index in [4.69, 9.17) is 4.74 Å². The van der Waals surface area contributed by atoms with Gasteiger partial charge in [-0.05, 0) is 30.2 Å². The van der Waals surface area contributed by atoms with Gasteiger partial charge < -0.3 is 15.0 Å². The number of benzene rings is 2. The minimum absolute atomic E-state index is 0.0417. The van der Waals surface area contributed by atoms with Gasteiger partial charge in [0.25, 0.3) is 11.6 Å². The normalized spacial score (nSPS) is 15.3. The second kappa shape index (κ2) is 8.85. The lowest BCUT2D eigenvalue weighted by Crippen LogP contribution is -2.42. The summed E-state index contributed by atoms with van der Waals surface area (Å²) in [6.45, 7) is 2.57. The zero-order valence-electron chi connectivity index (χ0n) is 18.6. The molecule has 5 rings (SSSR count). The van der Waals surface area contributed by atoms with E-state index in [1.54, 1.807) is 30.2 Å². The molecule has 0 fully saturated rings. The van der Waals surface area contributed by atoms with Gasteiger partial charge in [0.05, 0.1) is 22.8 Å². The summed E-state index contributed by atoms with van der Waals surface area (Å²) in [7, 11) is 1.62. The number of carbonyl (C=O) groups is 1. The maximum Gasteiger partial charge on any atom is 0.276 e. The van der Waals surface area contributed by atoms with Crippen LogP contribution in [0.5, 0.6) is 0 Å². The van der Waals surface area contributed by atoms with Gasteiger partial charge in [0.15, 0.2) is 0 Å². The van der Waals surface area contributed by atoms with Crippen LogP contribution in [0.15, 0.2) is 60.7 Å². The molecule has 0 spiro atoms. The van der Waals surface area contributed by atoms with Crippen LogP contribution in [0, 0.1) is 17.0 Å². The van der Waals surface area contributed by atoms with E-state index in [0.717, 1.165) is 27.0 Å². The van der Waals surface area contributed by atoms with E-state index in [-0.39, 0.29) is 11.6 Å². The van der Waals surface area contributed by atoms with E-state index in [0.29, 0.717) is 29.3 Å². The Bertz CT molecular complexity index is 1400. The molecule has 9 heteroatoms. The van der Waals surface area contributed by atoms with E-state index in [1.807, 2.05) is 43.3 Å². The second-order valence-electron chi connectivity index (χ2n) is 8.12. The summed E-state index contributed by atoms with van der Waals surface area (Å²) < 4.78 is 5.40. The summed E-state index contributed by atoms with van der Waals surface area (Å²) in [4.78, 5) is 32.9. The number of fused-ring (bicyclic) bond motifs is 3. The Morgan fingerprint density at radius 3 is 2.65 bits per heavy atom. The highest BCUT2D eigenvalue weighted by Gasteiger charge is 2.39. The lowest BCUT2D eigenvalue weighted by atomic mass is 10.0. The molecule has 1 aliphatic rings. The zero-order valence-corrected chi connectivity index (χ0v) is 19.5. The molecule has 34 heavy (non-hydrogen) atoms. The minimum Gasteiger partial charge on any atom is -0.380 e. The Labute approximate surface area is 200 Å². The number of nitrogens with one attached hydrogen (secondary N) is 1. The summed E-state index contributed by atoms with van der Waals surface area (Å²) in [5, 5.41) is 16.1. The van der Waals surface area contributed by atoms with Crippen molar-refractivity contribution in [2.24, 2.45) is 0 Å². The van der Waals surface area contributed by atoms with Crippen LogP contribution in [0.1, 0.15) is 38.2 Å². The standard InChI is InChI=1S/C25H22N4O4S/c1-15-12-17(14-33-2)20-21-22(34-24(20)26-15)25(30)28(13-16-8-4-3-5-9-16)23(27-21)18-10-6-7-11-19(18)29(31)32/h3-12,23,27H,13-14H2,1-2H3/t23-/m0/s1. The quantitative estimate of drug-likeness (QED) is 0.296. The molecular weight excluding hydrogens is 452 g/mol. The van der Waals surface area contributed by atoms with Crippen LogP contribution in [0.3, 0.4) is 0 Å². The van der Waals surface area contributed by atoms with Gasteiger partial charge >= 0.3 is 0 Å². The third-order valence-electron chi connectivity index (χ3n) is 5.84. The van der Waals surface area contributed by atoms with Crippen LogP contribution in [0.4, 0.5) is 11.4 Å². The fourth-order valence-corrected chi connectivity index (χ4v) is 5.59. The van der Waals surface area contributed by atoms with Gasteiger partial charge in [0.2, 0.25) is 0 Å². The Morgan fingerprint density at radius 2 is 1.91 bits per heavy atom. The number of aryl methyl sites for hydroxylation is 1. The minimum atomic E-state index is -0.726. The van der Waals surface area contributed by atoms with Crippen LogP contribution in [-0.4, -0.2) is 27.8 Å². The number of aromatic nitrogens is 1. The highest BCUT2D eigenvalue weighted by atomic mass is 32.1. The number of hydrogen-bond acceptors (Lipinski definition) is 7. The number of nitrogens with zero attached hydrogens (tertiary/aromatic N) is 3. The van der Waals surface area contributed by atoms with Gasteiger partial charge in [-0.15, -0.1) is 11.3 Å². The number of hydrogen-bond donors (Lipinski definition) is 1. The Balaban J connectivity index is 1.71.